The Morgan fingerprint density at radius 3 is 2.52 bits per heavy atom. The lowest BCUT2D eigenvalue weighted by Crippen LogP contribution is -2.16. The number of aryl methyl sites for hydroxylation is 1. The van der Waals surface area contributed by atoms with Gasteiger partial charge in [-0.3, -0.25) is 4.79 Å². The third-order valence-corrected chi connectivity index (χ3v) is 4.54. The Balaban J connectivity index is 2.13. The molecule has 0 fully saturated rings. The van der Waals surface area contributed by atoms with E-state index in [1.54, 1.807) is 18.0 Å². The number of halogens is 1. The maximum absolute atomic E-state index is 12.3. The highest BCUT2D eigenvalue weighted by Gasteiger charge is 2.17. The van der Waals surface area contributed by atoms with Crippen LogP contribution in [0, 0.1) is 6.92 Å². The predicted octanol–water partition coefficient (Wildman–Crippen LogP) is 5.22. The fourth-order valence-electron chi connectivity index (χ4n) is 1.97. The van der Waals surface area contributed by atoms with Gasteiger partial charge in [0.15, 0.2) is 0 Å². The summed E-state index contributed by atoms with van der Waals surface area (Å²) in [5, 5.41) is 3.82. The van der Waals surface area contributed by atoms with E-state index in [9.17, 15) is 4.79 Å². The summed E-state index contributed by atoms with van der Waals surface area (Å²) in [4.78, 5) is 16.8. The summed E-state index contributed by atoms with van der Waals surface area (Å²) in [6.45, 7) is 8.41. The number of hydrogen-bond acceptors (Lipinski definition) is 3. The number of thioether (sulfide) groups is 1. The smallest absolute Gasteiger partial charge is 0.228 e. The van der Waals surface area contributed by atoms with Crippen molar-refractivity contribution in [3.05, 3.63) is 52.1 Å². The van der Waals surface area contributed by atoms with Crippen LogP contribution in [0.15, 0.2) is 46.0 Å². The van der Waals surface area contributed by atoms with Crippen LogP contribution in [0.3, 0.4) is 0 Å². The van der Waals surface area contributed by atoms with Gasteiger partial charge < -0.3 is 5.32 Å². The molecule has 2 rings (SSSR count). The van der Waals surface area contributed by atoms with Crippen LogP contribution in [0.2, 0.25) is 0 Å². The van der Waals surface area contributed by atoms with Crippen LogP contribution >= 0.6 is 27.7 Å². The number of pyridine rings is 1. The second kappa shape index (κ2) is 7.49. The van der Waals surface area contributed by atoms with Gasteiger partial charge in [0.2, 0.25) is 5.91 Å². The van der Waals surface area contributed by atoms with Gasteiger partial charge in [0.1, 0.15) is 5.03 Å². The molecule has 0 aliphatic rings. The first kappa shape index (κ1) is 18.0. The van der Waals surface area contributed by atoms with Gasteiger partial charge in [0, 0.05) is 15.4 Å². The van der Waals surface area contributed by atoms with Crippen LogP contribution in [0.1, 0.15) is 31.9 Å². The van der Waals surface area contributed by atoms with Crippen molar-refractivity contribution in [2.45, 2.75) is 43.9 Å². The summed E-state index contributed by atoms with van der Waals surface area (Å²) in [6.07, 6.45) is 2.11. The van der Waals surface area contributed by atoms with E-state index in [1.165, 1.54) is 5.56 Å². The number of aromatic nitrogens is 1. The third kappa shape index (κ3) is 5.99. The topological polar surface area (TPSA) is 42.0 Å². The number of hydrogen-bond donors (Lipinski definition) is 1. The molecule has 0 radical (unpaired) electrons. The van der Waals surface area contributed by atoms with Crippen molar-refractivity contribution in [1.29, 1.82) is 0 Å². The fourth-order valence-corrected chi connectivity index (χ4v) is 3.21. The summed E-state index contributed by atoms with van der Waals surface area (Å²) < 4.78 is 0.874. The normalized spacial score (nSPS) is 11.3. The maximum Gasteiger partial charge on any atom is 0.228 e. The summed E-state index contributed by atoms with van der Waals surface area (Å²) in [5.74, 6) is -0.0375. The zero-order chi connectivity index (χ0) is 17.0. The molecule has 5 heteroatoms. The van der Waals surface area contributed by atoms with Crippen molar-refractivity contribution < 1.29 is 4.79 Å². The number of amides is 1. The van der Waals surface area contributed by atoms with E-state index in [0.29, 0.717) is 6.42 Å². The number of carbonyl (C=O) groups excluding carboxylic acids is 1. The lowest BCUT2D eigenvalue weighted by atomic mass is 10.1. The number of carbonyl (C=O) groups is 1. The average Bonchev–Trinajstić information content (AvgIpc) is 2.43. The molecule has 122 valence electrons. The zero-order valence-electron chi connectivity index (χ0n) is 13.8. The first-order chi connectivity index (χ1) is 10.7. The lowest BCUT2D eigenvalue weighted by molar-refractivity contribution is -0.115. The van der Waals surface area contributed by atoms with Crippen molar-refractivity contribution in [1.82, 2.24) is 4.98 Å². The van der Waals surface area contributed by atoms with E-state index in [4.69, 9.17) is 0 Å². The SMILES string of the molecule is Cc1ccc(CC(=O)Nc2cc(Br)cnc2SC(C)(C)C)cc1. The lowest BCUT2D eigenvalue weighted by Gasteiger charge is -2.19. The Morgan fingerprint density at radius 1 is 1.26 bits per heavy atom. The second-order valence-electron chi connectivity index (χ2n) is 6.43. The van der Waals surface area contributed by atoms with Crippen LogP contribution < -0.4 is 5.32 Å². The van der Waals surface area contributed by atoms with Gasteiger partial charge in [-0.15, -0.1) is 0 Å². The van der Waals surface area contributed by atoms with Crippen molar-refractivity contribution in [2.24, 2.45) is 0 Å². The van der Waals surface area contributed by atoms with Crippen molar-refractivity contribution in [3.8, 4) is 0 Å². The minimum absolute atomic E-state index is 0.0251. The van der Waals surface area contributed by atoms with Crippen LogP contribution in [-0.2, 0) is 11.2 Å². The van der Waals surface area contributed by atoms with Gasteiger partial charge >= 0.3 is 0 Å². The van der Waals surface area contributed by atoms with E-state index < -0.39 is 0 Å². The van der Waals surface area contributed by atoms with Gasteiger partial charge in [0.05, 0.1) is 12.1 Å². The van der Waals surface area contributed by atoms with Gasteiger partial charge in [-0.2, -0.15) is 0 Å². The van der Waals surface area contributed by atoms with Crippen LogP contribution in [0.25, 0.3) is 0 Å². The highest BCUT2D eigenvalue weighted by atomic mass is 79.9. The third-order valence-electron chi connectivity index (χ3n) is 2.98. The Hall–Kier alpha value is -1.33. The molecular formula is C18H21BrN2OS. The van der Waals surface area contributed by atoms with Crippen LogP contribution in [0.5, 0.6) is 0 Å². The zero-order valence-corrected chi connectivity index (χ0v) is 16.2. The molecule has 0 aliphatic heterocycles. The van der Waals surface area contributed by atoms with Gasteiger partial charge in [-0.1, -0.05) is 62.4 Å². The Labute approximate surface area is 150 Å². The van der Waals surface area contributed by atoms with Gasteiger partial charge in [-0.25, -0.2) is 4.98 Å². The molecule has 1 heterocycles. The molecule has 0 atom stereocenters. The molecular weight excluding hydrogens is 372 g/mol. The van der Waals surface area contributed by atoms with Crippen LogP contribution in [-0.4, -0.2) is 15.6 Å². The highest BCUT2D eigenvalue weighted by molar-refractivity contribution is 9.10. The molecule has 1 aromatic carbocycles. The van der Waals surface area contributed by atoms with E-state index in [-0.39, 0.29) is 10.7 Å². The molecule has 2 aromatic rings. The summed E-state index contributed by atoms with van der Waals surface area (Å²) in [5.41, 5.74) is 2.94. The van der Waals surface area contributed by atoms with Crippen molar-refractivity contribution in [2.75, 3.05) is 5.32 Å². The van der Waals surface area contributed by atoms with Gasteiger partial charge in [-0.05, 0) is 34.5 Å². The molecule has 1 N–H and O–H groups in total. The Kier molecular flexibility index (Phi) is 5.87. The number of anilines is 1. The van der Waals surface area contributed by atoms with Crippen molar-refractivity contribution >= 4 is 39.3 Å². The molecule has 1 amide bonds. The largest absolute Gasteiger partial charge is 0.323 e. The number of nitrogens with zero attached hydrogens (tertiary/aromatic N) is 1. The standard InChI is InChI=1S/C18H21BrN2OS/c1-12-5-7-13(8-6-12)9-16(22)21-15-10-14(19)11-20-17(15)23-18(2,3)4/h5-8,10-11H,9H2,1-4H3,(H,21,22). The summed E-state index contributed by atoms with van der Waals surface area (Å²) in [6, 6.07) is 9.90. The monoisotopic (exact) mass is 392 g/mol. The minimum Gasteiger partial charge on any atom is -0.323 e. The minimum atomic E-state index is -0.0375. The summed E-state index contributed by atoms with van der Waals surface area (Å²) >= 11 is 5.06. The van der Waals surface area contributed by atoms with Crippen molar-refractivity contribution in [3.63, 3.8) is 0 Å². The fraction of sp³-hybridized carbons (Fsp3) is 0.333. The molecule has 0 bridgehead atoms. The first-order valence-electron chi connectivity index (χ1n) is 7.43. The molecule has 0 unspecified atom stereocenters. The number of nitrogens with one attached hydrogen (secondary N) is 1. The molecule has 0 saturated carbocycles. The Morgan fingerprint density at radius 2 is 1.91 bits per heavy atom. The predicted molar refractivity (Wildman–Crippen MR) is 101 cm³/mol. The molecule has 0 spiro atoms. The van der Waals surface area contributed by atoms with Gasteiger partial charge in [0.25, 0.3) is 0 Å². The molecule has 1 aromatic heterocycles. The maximum atomic E-state index is 12.3. The first-order valence-corrected chi connectivity index (χ1v) is 9.04. The molecule has 3 nitrogen and oxygen atoms in total. The van der Waals surface area contributed by atoms with E-state index in [0.717, 1.165) is 20.7 Å². The average molecular weight is 393 g/mol. The number of benzene rings is 1. The Bertz CT molecular complexity index is 693. The van der Waals surface area contributed by atoms with E-state index in [2.05, 4.69) is 47.0 Å². The summed E-state index contributed by atoms with van der Waals surface area (Å²) in [7, 11) is 0. The second-order valence-corrected chi connectivity index (χ2v) is 9.16. The quantitative estimate of drug-likeness (QED) is 0.724. The molecule has 23 heavy (non-hydrogen) atoms. The highest BCUT2D eigenvalue weighted by Crippen LogP contribution is 2.36. The van der Waals surface area contributed by atoms with E-state index in [1.807, 2.05) is 37.3 Å². The van der Waals surface area contributed by atoms with E-state index >= 15 is 0 Å². The molecule has 0 saturated heterocycles. The number of rotatable bonds is 4. The molecule has 0 aliphatic carbocycles. The van der Waals surface area contributed by atoms with Crippen LogP contribution in [0.4, 0.5) is 5.69 Å².